The van der Waals surface area contributed by atoms with Crippen LogP contribution >= 0.6 is 67.5 Å². The van der Waals surface area contributed by atoms with Crippen LogP contribution in [-0.2, 0) is 52.8 Å². The fourth-order valence-electron chi connectivity index (χ4n) is 9.71. The average Bonchev–Trinajstić information content (AvgIpc) is 4.09. The van der Waals surface area contributed by atoms with E-state index in [1.54, 1.807) is 31.5 Å². The topological polar surface area (TPSA) is 185 Å². The quantitative estimate of drug-likeness (QED) is 0.140. The molecule has 2 saturated heterocycles. The second kappa shape index (κ2) is 27.8. The predicted octanol–water partition coefficient (Wildman–Crippen LogP) is 5.97. The largest absolute Gasteiger partial charge is 0.464 e. The van der Waals surface area contributed by atoms with E-state index in [9.17, 15) is 24.0 Å². The number of aryl methyl sites for hydroxylation is 1. The van der Waals surface area contributed by atoms with Gasteiger partial charge in [-0.25, -0.2) is 10.4 Å². The van der Waals surface area contributed by atoms with Crippen LogP contribution in [0.2, 0.25) is 0 Å². The van der Waals surface area contributed by atoms with Crippen molar-refractivity contribution in [3.05, 3.63) is 59.9 Å². The fraction of sp³-hybridized carbons (Fsp3) is 0.566. The summed E-state index contributed by atoms with van der Waals surface area (Å²) >= 11 is 0. The van der Waals surface area contributed by atoms with Gasteiger partial charge in [-0.1, -0.05) is 33.6 Å². The molecule has 3 aliphatic heterocycles. The number of cyclic esters (lactones) is 1. The van der Waals surface area contributed by atoms with Gasteiger partial charge in [-0.05, 0) is 115 Å². The van der Waals surface area contributed by atoms with Crippen molar-refractivity contribution in [1.29, 1.82) is 0 Å². The molecule has 2 fully saturated rings. The fourth-order valence-corrected chi connectivity index (χ4v) is 9.71. The molecule has 416 valence electrons. The number of hydrogen-bond donors (Lipinski definition) is 2. The molecule has 3 aliphatic rings. The summed E-state index contributed by atoms with van der Waals surface area (Å²) in [5.74, 6) is 3.43. The van der Waals surface area contributed by atoms with Gasteiger partial charge in [0.2, 0.25) is 11.8 Å². The van der Waals surface area contributed by atoms with E-state index in [0.29, 0.717) is 44.5 Å². The van der Waals surface area contributed by atoms with Gasteiger partial charge >= 0.3 is 5.97 Å². The molecule has 0 saturated carbocycles. The lowest BCUT2D eigenvalue weighted by molar-refractivity contribution is -0.155. The number of nitrogens with one attached hydrogen (secondary N) is 2. The monoisotopic (exact) mass is 1130 g/mol. The van der Waals surface area contributed by atoms with Crippen molar-refractivity contribution in [3.63, 3.8) is 0 Å². The highest BCUT2D eigenvalue weighted by atomic mass is 32.1. The van der Waals surface area contributed by atoms with E-state index >= 15 is 0 Å². The number of carbonyl (C=O) groups is 5. The second-order valence-corrected chi connectivity index (χ2v) is 20.8. The number of methoxy groups -OCH3 is 1. The first-order valence-electron chi connectivity index (χ1n) is 24.5. The van der Waals surface area contributed by atoms with Crippen LogP contribution < -0.4 is 10.7 Å². The van der Waals surface area contributed by atoms with E-state index in [1.165, 1.54) is 9.91 Å². The number of nitrogens with zero attached hydrogens (tertiary/aromatic N) is 7. The number of hydrogen-bond acceptors (Lipinski definition) is 12. The van der Waals surface area contributed by atoms with Crippen molar-refractivity contribution in [3.8, 4) is 34.4 Å². The van der Waals surface area contributed by atoms with E-state index in [0.717, 1.165) is 39.0 Å². The number of fused-ring (bicyclic) bond motifs is 6. The third-order valence-electron chi connectivity index (χ3n) is 14.2. The number of likely N-dealkylation sites (tertiary alicyclic amines) is 1. The number of esters is 1. The van der Waals surface area contributed by atoms with E-state index in [-0.39, 0.29) is 123 Å². The Labute approximate surface area is 477 Å². The average molecular weight is 1130 g/mol. The lowest BCUT2D eigenvalue weighted by atomic mass is 9.84. The smallest absolute Gasteiger partial charge is 0.324 e. The molecular formula is C53H81N9O8S5. The Morgan fingerprint density at radius 1 is 1.01 bits per heavy atom. The molecule has 17 nitrogen and oxygen atoms in total. The Balaban J connectivity index is 0.00000385. The number of benzene rings is 1. The molecular weight excluding hydrogens is 1050 g/mol. The Hall–Kier alpha value is -4.34. The van der Waals surface area contributed by atoms with Crippen LogP contribution in [0.4, 0.5) is 0 Å². The Morgan fingerprint density at radius 3 is 2.37 bits per heavy atom. The Morgan fingerprint density at radius 2 is 1.72 bits per heavy atom. The van der Waals surface area contributed by atoms with Crippen LogP contribution in [0, 0.1) is 29.1 Å². The van der Waals surface area contributed by atoms with Crippen LogP contribution in [0.5, 0.6) is 0 Å². The highest BCUT2D eigenvalue weighted by Gasteiger charge is 2.41. The summed E-state index contributed by atoms with van der Waals surface area (Å²) in [7, 11) is 7.05. The zero-order chi connectivity index (χ0) is 50.8. The number of likely N-dealkylation sites (N-methyl/N-ethyl adjacent to an activating group) is 1. The molecule has 75 heavy (non-hydrogen) atoms. The van der Waals surface area contributed by atoms with Crippen molar-refractivity contribution in [1.82, 2.24) is 45.0 Å². The van der Waals surface area contributed by atoms with Crippen molar-refractivity contribution < 1.29 is 37.9 Å². The minimum atomic E-state index is -1.20. The number of ether oxygens (including phenoxy) is 2. The molecule has 0 radical (unpaired) electrons. The van der Waals surface area contributed by atoms with Crippen LogP contribution in [0.25, 0.3) is 33.5 Å². The molecule has 5 atom stereocenters. The number of rotatable bonds is 10. The SMILES string of the molecule is CCn1c(-c2cccnc2[C@H](C)OC)c2c3cc(ccc31)-c1cnc(o1)C[C@H](NC(=O)[C@H](C(C)C)N(C)C(=O)[C@H]1CCN(C(=O)C#CC(C)(C)N(C)C)C1)C(=O)N1CCC[C@H](N1)C(=O)OCC(C)(C)C2.S.S.S.S.S. The number of pyridine rings is 1. The van der Waals surface area contributed by atoms with E-state index in [2.05, 4.69) is 71.1 Å². The van der Waals surface area contributed by atoms with Gasteiger partial charge in [-0.2, -0.15) is 67.5 Å². The summed E-state index contributed by atoms with van der Waals surface area (Å²) in [6, 6.07) is 7.17. The van der Waals surface area contributed by atoms with Gasteiger partial charge in [0, 0.05) is 74.0 Å². The lowest BCUT2D eigenvalue weighted by Gasteiger charge is -2.36. The van der Waals surface area contributed by atoms with Crippen molar-refractivity contribution in [2.24, 2.45) is 17.3 Å². The summed E-state index contributed by atoms with van der Waals surface area (Å²) in [5.41, 5.74) is 7.66. The van der Waals surface area contributed by atoms with Gasteiger partial charge in [0.15, 0.2) is 11.7 Å². The van der Waals surface area contributed by atoms with Crippen molar-refractivity contribution in [2.45, 2.75) is 124 Å². The first kappa shape index (κ1) is 66.8. The molecule has 6 heterocycles. The van der Waals surface area contributed by atoms with Crippen molar-refractivity contribution >= 4 is 108 Å². The molecule has 3 aromatic heterocycles. The third-order valence-corrected chi connectivity index (χ3v) is 14.2. The Kier molecular flexibility index (Phi) is 24.8. The Bertz CT molecular complexity index is 2700. The minimum absolute atomic E-state index is 0. The van der Waals surface area contributed by atoms with Crippen LogP contribution in [-0.4, -0.2) is 142 Å². The lowest BCUT2D eigenvalue weighted by Crippen LogP contribution is -2.62. The summed E-state index contributed by atoms with van der Waals surface area (Å²) in [6.45, 7) is 17.4. The number of aromatic nitrogens is 3. The zero-order valence-corrected chi connectivity index (χ0v) is 50.5. The van der Waals surface area contributed by atoms with Gasteiger partial charge in [-0.15, -0.1) is 0 Å². The van der Waals surface area contributed by atoms with E-state index < -0.39 is 52.8 Å². The first-order valence-corrected chi connectivity index (χ1v) is 24.5. The molecule has 0 unspecified atom stereocenters. The molecule has 0 spiro atoms. The van der Waals surface area contributed by atoms with E-state index in [4.69, 9.17) is 18.9 Å². The summed E-state index contributed by atoms with van der Waals surface area (Å²) in [4.78, 5) is 84.7. The maximum atomic E-state index is 14.7. The van der Waals surface area contributed by atoms with Crippen LogP contribution in [0.15, 0.2) is 47.1 Å². The van der Waals surface area contributed by atoms with E-state index in [1.807, 2.05) is 65.7 Å². The first-order chi connectivity index (χ1) is 33.1. The molecule has 7 rings (SSSR count). The summed E-state index contributed by atoms with van der Waals surface area (Å²) < 4.78 is 20.7. The van der Waals surface area contributed by atoms with Crippen molar-refractivity contribution in [2.75, 3.05) is 54.5 Å². The molecule has 4 aromatic rings. The number of amides is 4. The van der Waals surface area contributed by atoms with Crippen LogP contribution in [0.3, 0.4) is 0 Å². The summed E-state index contributed by atoms with van der Waals surface area (Å²) in [5, 5.41) is 5.33. The standard InChI is InChI=1S/C53H71N9O8.5H2S/c1-13-61-41-19-18-34-26-37(41)38(47(61)36-16-14-23-54-45(36)33(4)68-12)28-52(5,6)31-69-51(67)39-17-15-24-62(57-39)50(66)40(27-43-55-29-42(34)70-43)56-48(64)46(32(2)3)59(11)49(65)35-21-25-60(30-35)44(63)20-22-53(7,8)58(9)10;;;;;/h14,16,18-19,23,26,29,32-33,35,39-40,46,57H,13,15,17,21,24-25,27-28,30-31H2,1-12H3,(H,56,64);5*1H2/t33-,35-,39-,40-,46-;;;;;/m0...../s1. The normalized spacial score (nSPS) is 19.3. The third kappa shape index (κ3) is 14.8. The molecule has 0 aliphatic carbocycles. The molecule has 4 amide bonds. The van der Waals surface area contributed by atoms with Gasteiger partial charge < -0.3 is 33.6 Å². The van der Waals surface area contributed by atoms with Gasteiger partial charge in [0.05, 0.1) is 48.2 Å². The van der Waals surface area contributed by atoms with Gasteiger partial charge in [0.1, 0.15) is 18.1 Å². The van der Waals surface area contributed by atoms with Gasteiger partial charge in [-0.3, -0.25) is 38.9 Å². The highest BCUT2D eigenvalue weighted by Crippen LogP contribution is 2.42. The number of hydrazine groups is 1. The predicted molar refractivity (Wildman–Crippen MR) is 317 cm³/mol. The second-order valence-electron chi connectivity index (χ2n) is 20.8. The highest BCUT2D eigenvalue weighted by molar-refractivity contribution is 7.60. The molecule has 6 bridgehead atoms. The maximum absolute atomic E-state index is 14.7. The summed E-state index contributed by atoms with van der Waals surface area (Å²) in [6.07, 6.45) is 4.92. The maximum Gasteiger partial charge on any atom is 0.324 e. The van der Waals surface area contributed by atoms with Gasteiger partial charge in [0.25, 0.3) is 11.8 Å². The van der Waals surface area contributed by atoms with Crippen LogP contribution in [0.1, 0.15) is 97.9 Å². The minimum Gasteiger partial charge on any atom is -0.464 e. The number of carbonyl (C=O) groups excluding carboxylic acids is 5. The zero-order valence-electron chi connectivity index (χ0n) is 45.5. The molecule has 2 N–H and O–H groups in total. The molecule has 22 heteroatoms. The number of oxazole rings is 1. The molecule has 1 aromatic carbocycles.